The Morgan fingerprint density at radius 3 is 2.48 bits per heavy atom. The number of nitrogens with zero attached hydrogens (tertiary/aromatic N) is 3. The third kappa shape index (κ3) is 3.12. The summed E-state index contributed by atoms with van der Waals surface area (Å²) in [5.41, 5.74) is 1.12. The minimum absolute atomic E-state index is 0.338. The predicted octanol–water partition coefficient (Wildman–Crippen LogP) is 2.60. The monoisotopic (exact) mass is 289 g/mol. The summed E-state index contributed by atoms with van der Waals surface area (Å²) >= 11 is 0. The average molecular weight is 289 g/mol. The molecule has 0 amide bonds. The van der Waals surface area contributed by atoms with Gasteiger partial charge in [-0.05, 0) is 26.2 Å². The normalized spacial score (nSPS) is 22.8. The number of nitrogens with one attached hydrogen (secondary N) is 2. The molecule has 0 aromatic carbocycles. The molecule has 116 valence electrons. The van der Waals surface area contributed by atoms with E-state index in [1.807, 2.05) is 7.05 Å². The molecule has 1 saturated heterocycles. The first-order chi connectivity index (χ1) is 10.1. The van der Waals surface area contributed by atoms with Crippen LogP contribution in [-0.2, 0) is 0 Å². The van der Waals surface area contributed by atoms with Crippen molar-refractivity contribution in [2.45, 2.75) is 58.0 Å². The molecule has 0 spiro atoms. The molecule has 0 bridgehead atoms. The summed E-state index contributed by atoms with van der Waals surface area (Å²) < 4.78 is 0. The third-order valence-corrected chi connectivity index (χ3v) is 4.54. The van der Waals surface area contributed by atoms with Gasteiger partial charge in [0.15, 0.2) is 0 Å². The van der Waals surface area contributed by atoms with Crippen LogP contribution in [0.25, 0.3) is 0 Å². The molecule has 0 radical (unpaired) electrons. The fourth-order valence-electron chi connectivity index (χ4n) is 3.05. The van der Waals surface area contributed by atoms with Gasteiger partial charge in [0.25, 0.3) is 0 Å². The van der Waals surface area contributed by atoms with Crippen molar-refractivity contribution in [2.75, 3.05) is 30.8 Å². The van der Waals surface area contributed by atoms with E-state index in [1.54, 1.807) is 0 Å². The van der Waals surface area contributed by atoms with E-state index in [4.69, 9.17) is 4.98 Å². The van der Waals surface area contributed by atoms with Crippen molar-refractivity contribution >= 4 is 11.6 Å². The van der Waals surface area contributed by atoms with E-state index >= 15 is 0 Å². The Bertz CT molecular complexity index is 510. The zero-order chi connectivity index (χ0) is 15.0. The summed E-state index contributed by atoms with van der Waals surface area (Å²) in [6, 6.07) is 1.38. The lowest BCUT2D eigenvalue weighted by molar-refractivity contribution is 0.326. The second-order valence-electron chi connectivity index (χ2n) is 6.66. The van der Waals surface area contributed by atoms with E-state index in [2.05, 4.69) is 41.3 Å². The Labute approximate surface area is 127 Å². The Morgan fingerprint density at radius 2 is 1.86 bits per heavy atom. The molecule has 1 aromatic rings. The Balaban J connectivity index is 1.76. The highest BCUT2D eigenvalue weighted by molar-refractivity contribution is 5.57. The number of hydrogen-bond donors (Lipinski definition) is 2. The van der Waals surface area contributed by atoms with Gasteiger partial charge in [0.1, 0.15) is 17.5 Å². The molecule has 5 heteroatoms. The van der Waals surface area contributed by atoms with E-state index in [0.29, 0.717) is 12.0 Å². The first-order valence-corrected chi connectivity index (χ1v) is 8.15. The van der Waals surface area contributed by atoms with Gasteiger partial charge in [0, 0.05) is 43.7 Å². The molecule has 1 aromatic heterocycles. The lowest BCUT2D eigenvalue weighted by Crippen LogP contribution is -2.28. The zero-order valence-corrected chi connectivity index (χ0v) is 13.6. The van der Waals surface area contributed by atoms with Crippen LogP contribution in [0.2, 0.25) is 0 Å². The molecule has 21 heavy (non-hydrogen) atoms. The molecule has 2 heterocycles. The highest BCUT2D eigenvalue weighted by Gasteiger charge is 2.34. The fourth-order valence-corrected chi connectivity index (χ4v) is 3.05. The standard InChI is InChI=1S/C16H27N5/c1-10(2)14-19-15(17-4)11(3)16(20-14)18-12-7-8-21(9-12)13-5-6-13/h10,12-13H,5-9H2,1-4H3,(H2,17,18,19,20). The Morgan fingerprint density at radius 1 is 1.14 bits per heavy atom. The van der Waals surface area contributed by atoms with Crippen LogP contribution < -0.4 is 10.6 Å². The van der Waals surface area contributed by atoms with Gasteiger partial charge in [-0.15, -0.1) is 0 Å². The summed E-state index contributed by atoms with van der Waals surface area (Å²) in [7, 11) is 1.92. The molecule has 2 aliphatic rings. The molecule has 2 N–H and O–H groups in total. The topological polar surface area (TPSA) is 53.1 Å². The molecular weight excluding hydrogens is 262 g/mol. The summed E-state index contributed by atoms with van der Waals surface area (Å²) in [5.74, 6) is 3.18. The second-order valence-corrected chi connectivity index (χ2v) is 6.66. The minimum Gasteiger partial charge on any atom is -0.373 e. The first kappa shape index (κ1) is 14.6. The molecule has 5 nitrogen and oxygen atoms in total. The van der Waals surface area contributed by atoms with Gasteiger partial charge in [-0.1, -0.05) is 13.8 Å². The molecule has 1 unspecified atom stereocenters. The summed E-state index contributed by atoms with van der Waals surface area (Å²) in [6.45, 7) is 8.74. The lowest BCUT2D eigenvalue weighted by Gasteiger charge is -2.19. The molecule has 2 fully saturated rings. The quantitative estimate of drug-likeness (QED) is 0.872. The van der Waals surface area contributed by atoms with Crippen LogP contribution in [0.4, 0.5) is 11.6 Å². The van der Waals surface area contributed by atoms with Gasteiger partial charge in [0.05, 0.1) is 0 Å². The number of rotatable bonds is 5. The number of aromatic nitrogens is 2. The first-order valence-electron chi connectivity index (χ1n) is 8.15. The zero-order valence-electron chi connectivity index (χ0n) is 13.6. The summed E-state index contributed by atoms with van der Waals surface area (Å²) in [5, 5.41) is 6.85. The number of anilines is 2. The summed E-state index contributed by atoms with van der Waals surface area (Å²) in [6.07, 6.45) is 3.99. The lowest BCUT2D eigenvalue weighted by atomic mass is 10.2. The van der Waals surface area contributed by atoms with Gasteiger partial charge < -0.3 is 10.6 Å². The van der Waals surface area contributed by atoms with Crippen molar-refractivity contribution in [3.8, 4) is 0 Å². The van der Waals surface area contributed by atoms with Crippen LogP contribution in [0.15, 0.2) is 0 Å². The minimum atomic E-state index is 0.338. The molecular formula is C16H27N5. The van der Waals surface area contributed by atoms with Crippen LogP contribution in [-0.4, -0.2) is 47.1 Å². The van der Waals surface area contributed by atoms with Crippen LogP contribution >= 0.6 is 0 Å². The average Bonchev–Trinajstić information content (AvgIpc) is 3.21. The highest BCUT2D eigenvalue weighted by Crippen LogP contribution is 2.31. The van der Waals surface area contributed by atoms with E-state index in [1.165, 1.54) is 25.8 Å². The largest absolute Gasteiger partial charge is 0.373 e. The smallest absolute Gasteiger partial charge is 0.135 e. The van der Waals surface area contributed by atoms with Gasteiger partial charge in [-0.25, -0.2) is 9.97 Å². The van der Waals surface area contributed by atoms with Gasteiger partial charge in [-0.2, -0.15) is 0 Å². The molecule has 1 saturated carbocycles. The Kier molecular flexibility index (Phi) is 4.02. The van der Waals surface area contributed by atoms with Crippen LogP contribution in [0.3, 0.4) is 0 Å². The second kappa shape index (κ2) is 5.79. The maximum Gasteiger partial charge on any atom is 0.135 e. The number of likely N-dealkylation sites (tertiary alicyclic amines) is 1. The van der Waals surface area contributed by atoms with Crippen LogP contribution in [0, 0.1) is 6.92 Å². The van der Waals surface area contributed by atoms with Gasteiger partial charge >= 0.3 is 0 Å². The third-order valence-electron chi connectivity index (χ3n) is 4.54. The molecule has 3 rings (SSSR count). The predicted molar refractivity (Wildman–Crippen MR) is 87.0 cm³/mol. The number of hydrogen-bond acceptors (Lipinski definition) is 5. The molecule has 1 aliphatic heterocycles. The maximum atomic E-state index is 4.75. The van der Waals surface area contributed by atoms with Crippen molar-refractivity contribution < 1.29 is 0 Å². The van der Waals surface area contributed by atoms with Crippen molar-refractivity contribution in [3.05, 3.63) is 11.4 Å². The fraction of sp³-hybridized carbons (Fsp3) is 0.750. The van der Waals surface area contributed by atoms with Crippen molar-refractivity contribution in [1.82, 2.24) is 14.9 Å². The van der Waals surface area contributed by atoms with Crippen LogP contribution in [0.1, 0.15) is 50.4 Å². The van der Waals surface area contributed by atoms with E-state index in [-0.39, 0.29) is 0 Å². The van der Waals surface area contributed by atoms with E-state index in [0.717, 1.165) is 35.6 Å². The maximum absolute atomic E-state index is 4.75. The van der Waals surface area contributed by atoms with Crippen molar-refractivity contribution in [1.29, 1.82) is 0 Å². The van der Waals surface area contributed by atoms with E-state index in [9.17, 15) is 0 Å². The van der Waals surface area contributed by atoms with Crippen LogP contribution in [0.5, 0.6) is 0 Å². The molecule has 1 atom stereocenters. The van der Waals surface area contributed by atoms with Gasteiger partial charge in [-0.3, -0.25) is 4.90 Å². The highest BCUT2D eigenvalue weighted by atomic mass is 15.2. The van der Waals surface area contributed by atoms with E-state index < -0.39 is 0 Å². The summed E-state index contributed by atoms with van der Waals surface area (Å²) in [4.78, 5) is 12.0. The van der Waals surface area contributed by atoms with Crippen molar-refractivity contribution in [2.24, 2.45) is 0 Å². The van der Waals surface area contributed by atoms with Gasteiger partial charge in [0.2, 0.25) is 0 Å². The molecule has 1 aliphatic carbocycles. The Hall–Kier alpha value is -1.36. The SMILES string of the molecule is CNc1nc(C(C)C)nc(NC2CCN(C3CC3)C2)c1C. The van der Waals surface area contributed by atoms with Crippen molar-refractivity contribution in [3.63, 3.8) is 0 Å².